The van der Waals surface area contributed by atoms with Crippen LogP contribution in [-0.4, -0.2) is 68.6 Å². The van der Waals surface area contributed by atoms with Crippen molar-refractivity contribution in [2.24, 2.45) is 0 Å². The molecule has 0 spiro atoms. The average molecular weight is 532 g/mol. The molecule has 0 radical (unpaired) electrons. The van der Waals surface area contributed by atoms with Gasteiger partial charge in [0.15, 0.2) is 0 Å². The quantitative estimate of drug-likeness (QED) is 0.168. The lowest BCUT2D eigenvalue weighted by atomic mass is 10.0. The van der Waals surface area contributed by atoms with Crippen LogP contribution in [0.5, 0.6) is 0 Å². The zero-order valence-electron chi connectivity index (χ0n) is 18.8. The summed E-state index contributed by atoms with van der Waals surface area (Å²) in [5, 5.41) is 13.6. The number of alkyl carbamates (subject to hydrolysis) is 1. The van der Waals surface area contributed by atoms with E-state index in [0.717, 1.165) is 10.5 Å². The van der Waals surface area contributed by atoms with Crippen molar-refractivity contribution in [3.63, 3.8) is 0 Å². The van der Waals surface area contributed by atoms with Gasteiger partial charge in [0.25, 0.3) is 17.5 Å². The molecule has 0 saturated carbocycles. The van der Waals surface area contributed by atoms with Gasteiger partial charge in [-0.05, 0) is 34.9 Å². The number of nitrogens with one attached hydrogen (secondary N) is 1. The lowest BCUT2D eigenvalue weighted by Gasteiger charge is -2.35. The van der Waals surface area contributed by atoms with Crippen molar-refractivity contribution in [2.45, 2.75) is 30.5 Å². The molecule has 1 saturated heterocycles. The van der Waals surface area contributed by atoms with Crippen LogP contribution in [0.3, 0.4) is 0 Å². The van der Waals surface area contributed by atoms with E-state index in [1.54, 1.807) is 12.1 Å². The van der Waals surface area contributed by atoms with E-state index >= 15 is 0 Å². The maximum Gasteiger partial charge on any atom is 0.408 e. The second-order valence-corrected chi connectivity index (χ2v) is 10.2. The SMILES string of the molecule is O=C(NCN1C(=O)CCC(N2Cc3ccccc3C2=O)C1=O)OCCSSc1ccc([N+](=O)[O-])cn1. The number of fused-ring (bicyclic) bond motifs is 1. The fraction of sp³-hybridized carbons (Fsp3) is 0.318. The van der Waals surface area contributed by atoms with Crippen molar-refractivity contribution < 1.29 is 28.8 Å². The first-order valence-corrected chi connectivity index (χ1v) is 13.2. The molecule has 2 aliphatic rings. The van der Waals surface area contributed by atoms with Gasteiger partial charge in [0.05, 0.1) is 4.92 Å². The Bertz CT molecular complexity index is 1190. The highest BCUT2D eigenvalue weighted by atomic mass is 33.1. The molecule has 4 rings (SSSR count). The number of hydrogen-bond donors (Lipinski definition) is 1. The number of ether oxygens (including phenoxy) is 1. The topological polar surface area (TPSA) is 152 Å². The monoisotopic (exact) mass is 531 g/mol. The minimum absolute atomic E-state index is 0.0571. The van der Waals surface area contributed by atoms with Gasteiger partial charge in [0, 0.05) is 30.3 Å². The van der Waals surface area contributed by atoms with E-state index in [0.29, 0.717) is 22.9 Å². The molecular formula is C22H21N5O7S2. The number of imide groups is 1. The highest BCUT2D eigenvalue weighted by molar-refractivity contribution is 8.76. The molecule has 1 N–H and O–H groups in total. The van der Waals surface area contributed by atoms with Crippen LogP contribution in [0, 0.1) is 10.1 Å². The van der Waals surface area contributed by atoms with Gasteiger partial charge < -0.3 is 15.0 Å². The van der Waals surface area contributed by atoms with Crippen molar-refractivity contribution in [2.75, 3.05) is 19.0 Å². The number of benzene rings is 1. The minimum atomic E-state index is -0.790. The molecule has 36 heavy (non-hydrogen) atoms. The van der Waals surface area contributed by atoms with Crippen molar-refractivity contribution in [3.05, 3.63) is 63.8 Å². The van der Waals surface area contributed by atoms with Gasteiger partial charge in [-0.2, -0.15) is 0 Å². The van der Waals surface area contributed by atoms with Crippen LogP contribution < -0.4 is 5.32 Å². The summed E-state index contributed by atoms with van der Waals surface area (Å²) in [6.07, 6.45) is 0.690. The Labute approximate surface area is 213 Å². The predicted molar refractivity (Wildman–Crippen MR) is 130 cm³/mol. The van der Waals surface area contributed by atoms with Crippen LogP contribution in [0.2, 0.25) is 0 Å². The number of carbonyl (C=O) groups is 4. The number of hydrogen-bond acceptors (Lipinski definition) is 10. The molecule has 0 bridgehead atoms. The number of carbonyl (C=O) groups excluding carboxylic acids is 4. The zero-order chi connectivity index (χ0) is 25.7. The number of pyridine rings is 1. The predicted octanol–water partition coefficient (Wildman–Crippen LogP) is 2.59. The van der Waals surface area contributed by atoms with Crippen molar-refractivity contribution >= 4 is 51.1 Å². The fourth-order valence-corrected chi connectivity index (χ4v) is 5.49. The van der Waals surface area contributed by atoms with Gasteiger partial charge in [0.1, 0.15) is 30.5 Å². The Morgan fingerprint density at radius 3 is 2.75 bits per heavy atom. The van der Waals surface area contributed by atoms with E-state index in [-0.39, 0.29) is 37.7 Å². The van der Waals surface area contributed by atoms with Gasteiger partial charge in [-0.25, -0.2) is 9.78 Å². The van der Waals surface area contributed by atoms with Gasteiger partial charge in [-0.15, -0.1) is 0 Å². The first-order valence-electron chi connectivity index (χ1n) is 10.9. The van der Waals surface area contributed by atoms with E-state index in [1.807, 2.05) is 12.1 Å². The van der Waals surface area contributed by atoms with Crippen LogP contribution in [0.25, 0.3) is 0 Å². The standard InChI is InChI=1S/C22H21N5O7S2/c28-19-8-6-17(25-12-14-3-1-2-4-16(14)20(25)29)21(30)26(19)13-24-22(31)34-9-10-35-36-18-7-5-15(11-23-18)27(32)33/h1-5,7,11,17H,6,8-10,12-13H2,(H,24,31). The lowest BCUT2D eigenvalue weighted by Crippen LogP contribution is -2.57. The third kappa shape index (κ3) is 5.76. The van der Waals surface area contributed by atoms with Gasteiger partial charge in [-0.3, -0.25) is 29.4 Å². The first kappa shape index (κ1) is 25.4. The highest BCUT2D eigenvalue weighted by Gasteiger charge is 2.42. The number of amides is 4. The fourth-order valence-electron chi connectivity index (χ4n) is 3.80. The van der Waals surface area contributed by atoms with Crippen LogP contribution in [0.1, 0.15) is 28.8 Å². The molecule has 188 valence electrons. The third-order valence-electron chi connectivity index (χ3n) is 5.57. The van der Waals surface area contributed by atoms with E-state index in [2.05, 4.69) is 10.3 Å². The Hall–Kier alpha value is -3.65. The number of nitro groups is 1. The Morgan fingerprint density at radius 1 is 1.22 bits per heavy atom. The lowest BCUT2D eigenvalue weighted by molar-refractivity contribution is -0.385. The molecule has 1 unspecified atom stereocenters. The van der Waals surface area contributed by atoms with E-state index < -0.39 is 28.9 Å². The Balaban J connectivity index is 1.20. The molecule has 1 aromatic carbocycles. The summed E-state index contributed by atoms with van der Waals surface area (Å²) in [5.41, 5.74) is 1.29. The van der Waals surface area contributed by atoms with E-state index in [9.17, 15) is 29.3 Å². The van der Waals surface area contributed by atoms with Crippen molar-refractivity contribution in [3.8, 4) is 0 Å². The zero-order valence-corrected chi connectivity index (χ0v) is 20.5. The van der Waals surface area contributed by atoms with Gasteiger partial charge >= 0.3 is 6.09 Å². The van der Waals surface area contributed by atoms with Crippen LogP contribution in [0.15, 0.2) is 47.6 Å². The third-order valence-corrected chi connectivity index (χ3v) is 7.80. The molecule has 2 aliphatic heterocycles. The highest BCUT2D eigenvalue weighted by Crippen LogP contribution is 2.30. The number of likely N-dealkylation sites (tertiary alicyclic amines) is 1. The van der Waals surface area contributed by atoms with Crippen LogP contribution in [0.4, 0.5) is 10.5 Å². The Morgan fingerprint density at radius 2 is 2.03 bits per heavy atom. The summed E-state index contributed by atoms with van der Waals surface area (Å²) in [4.78, 5) is 66.6. The van der Waals surface area contributed by atoms with Gasteiger partial charge in [0.2, 0.25) is 5.91 Å². The number of nitrogens with zero attached hydrogens (tertiary/aromatic N) is 4. The van der Waals surface area contributed by atoms with E-state index in [1.165, 1.54) is 44.8 Å². The maximum atomic E-state index is 13.0. The summed E-state index contributed by atoms with van der Waals surface area (Å²) in [7, 11) is 2.62. The smallest absolute Gasteiger partial charge is 0.408 e. The largest absolute Gasteiger partial charge is 0.449 e. The molecule has 12 nitrogen and oxygen atoms in total. The number of rotatable bonds is 9. The number of aromatic nitrogens is 1. The second kappa shape index (κ2) is 11.4. The van der Waals surface area contributed by atoms with Crippen molar-refractivity contribution in [1.29, 1.82) is 0 Å². The number of piperidine rings is 1. The molecule has 4 amide bonds. The summed E-state index contributed by atoms with van der Waals surface area (Å²) < 4.78 is 5.07. The average Bonchev–Trinajstić information content (AvgIpc) is 3.20. The molecule has 1 fully saturated rings. The normalized spacial score (nSPS) is 17.2. The molecule has 2 aromatic rings. The molecular weight excluding hydrogens is 510 g/mol. The minimum Gasteiger partial charge on any atom is -0.449 e. The van der Waals surface area contributed by atoms with Crippen LogP contribution >= 0.6 is 21.6 Å². The molecule has 3 heterocycles. The maximum absolute atomic E-state index is 13.0. The molecule has 14 heteroatoms. The summed E-state index contributed by atoms with van der Waals surface area (Å²) >= 11 is 0. The molecule has 1 atom stereocenters. The van der Waals surface area contributed by atoms with Crippen LogP contribution in [-0.2, 0) is 20.9 Å². The van der Waals surface area contributed by atoms with Gasteiger partial charge in [-0.1, -0.05) is 29.0 Å². The summed E-state index contributed by atoms with van der Waals surface area (Å²) in [6.45, 7) is 0.00606. The van der Waals surface area contributed by atoms with E-state index in [4.69, 9.17) is 4.74 Å². The Kier molecular flexibility index (Phi) is 8.05. The summed E-state index contributed by atoms with van der Waals surface area (Å²) in [5.74, 6) is -0.790. The molecule has 1 aromatic heterocycles. The summed E-state index contributed by atoms with van der Waals surface area (Å²) in [6, 6.07) is 9.24. The second-order valence-electron chi connectivity index (χ2n) is 7.79. The first-order chi connectivity index (χ1) is 17.3. The van der Waals surface area contributed by atoms with Crippen molar-refractivity contribution in [1.82, 2.24) is 20.1 Å². The molecule has 0 aliphatic carbocycles.